The molecule has 98 valence electrons. The van der Waals surface area contributed by atoms with Gasteiger partial charge in [0.05, 0.1) is 5.54 Å². The van der Waals surface area contributed by atoms with Crippen molar-refractivity contribution in [1.29, 1.82) is 0 Å². The third-order valence-electron chi connectivity index (χ3n) is 3.10. The number of anilines is 1. The van der Waals surface area contributed by atoms with E-state index in [1.54, 1.807) is 32.0 Å². The third kappa shape index (κ3) is 2.87. The molecule has 0 saturated heterocycles. The second kappa shape index (κ2) is 5.18. The zero-order valence-electron chi connectivity index (χ0n) is 10.9. The van der Waals surface area contributed by atoms with Crippen LogP contribution in [0.15, 0.2) is 18.2 Å². The van der Waals surface area contributed by atoms with E-state index >= 15 is 0 Å². The number of hydrogen-bond acceptors (Lipinski definition) is 3. The lowest BCUT2D eigenvalue weighted by Crippen LogP contribution is -2.47. The maximum absolute atomic E-state index is 11.9. The largest absolute Gasteiger partial charge is 0.366 e. The molecule has 18 heavy (non-hydrogen) atoms. The smallest absolute Gasteiger partial charge is 0.249 e. The molecule has 1 unspecified atom stereocenters. The van der Waals surface area contributed by atoms with Gasteiger partial charge in [0.2, 0.25) is 11.8 Å². The Hall–Kier alpha value is -1.88. The molecule has 0 bridgehead atoms. The van der Waals surface area contributed by atoms with Crippen molar-refractivity contribution in [2.24, 2.45) is 11.5 Å². The predicted octanol–water partition coefficient (Wildman–Crippen LogP) is 1.16. The van der Waals surface area contributed by atoms with E-state index in [4.69, 9.17) is 11.5 Å². The van der Waals surface area contributed by atoms with Gasteiger partial charge >= 0.3 is 0 Å². The molecule has 0 heterocycles. The second-order valence-electron chi connectivity index (χ2n) is 4.57. The fraction of sp³-hybridized carbons (Fsp3) is 0.385. The monoisotopic (exact) mass is 249 g/mol. The highest BCUT2D eigenvalue weighted by Crippen LogP contribution is 2.20. The van der Waals surface area contributed by atoms with Gasteiger partial charge in [0.1, 0.15) is 0 Å². The quantitative estimate of drug-likeness (QED) is 0.746. The minimum Gasteiger partial charge on any atom is -0.366 e. The summed E-state index contributed by atoms with van der Waals surface area (Å²) in [6.45, 7) is 5.23. The van der Waals surface area contributed by atoms with Gasteiger partial charge in [0.25, 0.3) is 0 Å². The number of nitrogens with one attached hydrogen (secondary N) is 1. The predicted molar refractivity (Wildman–Crippen MR) is 71.2 cm³/mol. The molecule has 1 rings (SSSR count). The molecule has 5 heteroatoms. The molecule has 0 radical (unpaired) electrons. The van der Waals surface area contributed by atoms with Crippen molar-refractivity contribution in [3.05, 3.63) is 29.3 Å². The molecule has 0 spiro atoms. The van der Waals surface area contributed by atoms with Gasteiger partial charge in [-0.2, -0.15) is 0 Å². The first-order chi connectivity index (χ1) is 8.29. The molecule has 0 aliphatic carbocycles. The van der Waals surface area contributed by atoms with Crippen LogP contribution in [-0.4, -0.2) is 17.4 Å². The Morgan fingerprint density at radius 3 is 2.50 bits per heavy atom. The zero-order chi connectivity index (χ0) is 13.9. The number of benzene rings is 1. The van der Waals surface area contributed by atoms with Crippen LogP contribution in [0.1, 0.15) is 36.2 Å². The molecule has 5 nitrogen and oxygen atoms in total. The number of carbonyl (C=O) groups is 2. The molecule has 5 N–H and O–H groups in total. The fourth-order valence-corrected chi connectivity index (χ4v) is 1.46. The van der Waals surface area contributed by atoms with E-state index in [0.717, 1.165) is 0 Å². The van der Waals surface area contributed by atoms with Gasteiger partial charge in [-0.15, -0.1) is 0 Å². The summed E-state index contributed by atoms with van der Waals surface area (Å²) < 4.78 is 0. The standard InChI is InChI=1S/C13H19N3O2/c1-4-13(3,15)12(18)16-10-7-5-6-9(8(10)2)11(14)17/h5-7H,4,15H2,1-3H3,(H2,14,17)(H,16,18). The minimum atomic E-state index is -0.935. The Labute approximate surface area is 107 Å². The van der Waals surface area contributed by atoms with Crippen molar-refractivity contribution in [3.8, 4) is 0 Å². The van der Waals surface area contributed by atoms with Crippen molar-refractivity contribution >= 4 is 17.5 Å². The molecule has 2 amide bonds. The average Bonchev–Trinajstić information content (AvgIpc) is 2.31. The molecule has 0 saturated carbocycles. The summed E-state index contributed by atoms with van der Waals surface area (Å²) in [4.78, 5) is 23.1. The van der Waals surface area contributed by atoms with E-state index in [0.29, 0.717) is 23.2 Å². The van der Waals surface area contributed by atoms with Crippen molar-refractivity contribution in [2.75, 3.05) is 5.32 Å². The summed E-state index contributed by atoms with van der Waals surface area (Å²) in [5.74, 6) is -0.802. The summed E-state index contributed by atoms with van der Waals surface area (Å²) >= 11 is 0. The fourth-order valence-electron chi connectivity index (χ4n) is 1.46. The molecular weight excluding hydrogens is 230 g/mol. The van der Waals surface area contributed by atoms with Crippen molar-refractivity contribution in [3.63, 3.8) is 0 Å². The maximum atomic E-state index is 11.9. The summed E-state index contributed by atoms with van der Waals surface area (Å²) in [5.41, 5.74) is 11.8. The van der Waals surface area contributed by atoms with Crippen LogP contribution in [0, 0.1) is 6.92 Å². The van der Waals surface area contributed by atoms with E-state index in [-0.39, 0.29) is 5.91 Å². The van der Waals surface area contributed by atoms with Crippen LogP contribution in [0.25, 0.3) is 0 Å². The van der Waals surface area contributed by atoms with Crippen LogP contribution in [-0.2, 0) is 4.79 Å². The highest BCUT2D eigenvalue weighted by Gasteiger charge is 2.26. The first-order valence-corrected chi connectivity index (χ1v) is 5.79. The lowest BCUT2D eigenvalue weighted by Gasteiger charge is -2.22. The minimum absolute atomic E-state index is 0.283. The van der Waals surface area contributed by atoms with Crippen LogP contribution < -0.4 is 16.8 Å². The Bertz CT molecular complexity index is 481. The van der Waals surface area contributed by atoms with E-state index in [2.05, 4.69) is 5.32 Å². The van der Waals surface area contributed by atoms with E-state index in [9.17, 15) is 9.59 Å². The van der Waals surface area contributed by atoms with Gasteiger partial charge in [-0.25, -0.2) is 0 Å². The summed E-state index contributed by atoms with van der Waals surface area (Å²) in [6.07, 6.45) is 0.521. The third-order valence-corrected chi connectivity index (χ3v) is 3.10. The number of rotatable bonds is 4. The number of primary amides is 1. The Morgan fingerprint density at radius 2 is 2.00 bits per heavy atom. The molecular formula is C13H19N3O2. The van der Waals surface area contributed by atoms with Gasteiger partial charge in [-0.3, -0.25) is 9.59 Å². The van der Waals surface area contributed by atoms with E-state index in [1.807, 2.05) is 6.92 Å². The molecule has 1 aromatic rings. The molecule has 1 atom stereocenters. The molecule has 0 aliphatic rings. The van der Waals surface area contributed by atoms with Gasteiger partial charge in [-0.1, -0.05) is 13.0 Å². The highest BCUT2D eigenvalue weighted by molar-refractivity contribution is 6.01. The number of hydrogen-bond donors (Lipinski definition) is 3. The molecule has 0 aromatic heterocycles. The lowest BCUT2D eigenvalue weighted by molar-refractivity contribution is -0.120. The molecule has 1 aromatic carbocycles. The topological polar surface area (TPSA) is 98.2 Å². The van der Waals surface area contributed by atoms with E-state index in [1.165, 1.54) is 0 Å². The van der Waals surface area contributed by atoms with Crippen LogP contribution >= 0.6 is 0 Å². The zero-order valence-corrected chi connectivity index (χ0v) is 10.9. The number of carbonyl (C=O) groups excluding carboxylic acids is 2. The van der Waals surface area contributed by atoms with Crippen LogP contribution in [0.2, 0.25) is 0 Å². The lowest BCUT2D eigenvalue weighted by atomic mass is 9.98. The summed E-state index contributed by atoms with van der Waals surface area (Å²) in [7, 11) is 0. The first-order valence-electron chi connectivity index (χ1n) is 5.79. The Balaban J connectivity index is 3.03. The van der Waals surface area contributed by atoms with Crippen molar-refractivity contribution < 1.29 is 9.59 Å². The van der Waals surface area contributed by atoms with Gasteiger partial charge in [0, 0.05) is 11.3 Å². The van der Waals surface area contributed by atoms with Gasteiger partial charge in [-0.05, 0) is 38.0 Å². The van der Waals surface area contributed by atoms with Crippen molar-refractivity contribution in [1.82, 2.24) is 0 Å². The number of amides is 2. The van der Waals surface area contributed by atoms with Crippen LogP contribution in [0.4, 0.5) is 5.69 Å². The highest BCUT2D eigenvalue weighted by atomic mass is 16.2. The molecule has 0 aliphatic heterocycles. The van der Waals surface area contributed by atoms with Gasteiger partial charge < -0.3 is 16.8 Å². The Morgan fingerprint density at radius 1 is 1.39 bits per heavy atom. The number of nitrogens with two attached hydrogens (primary N) is 2. The van der Waals surface area contributed by atoms with E-state index < -0.39 is 11.4 Å². The summed E-state index contributed by atoms with van der Waals surface area (Å²) in [6, 6.07) is 5.00. The van der Waals surface area contributed by atoms with Crippen LogP contribution in [0.5, 0.6) is 0 Å². The average molecular weight is 249 g/mol. The van der Waals surface area contributed by atoms with Crippen molar-refractivity contribution in [2.45, 2.75) is 32.7 Å². The normalized spacial score (nSPS) is 13.8. The SMILES string of the molecule is CCC(C)(N)C(=O)Nc1cccc(C(N)=O)c1C. The van der Waals surface area contributed by atoms with Crippen LogP contribution in [0.3, 0.4) is 0 Å². The molecule has 0 fully saturated rings. The summed E-state index contributed by atoms with van der Waals surface area (Å²) in [5, 5.41) is 2.72. The first kappa shape index (κ1) is 14.2. The maximum Gasteiger partial charge on any atom is 0.249 e. The Kier molecular flexibility index (Phi) is 4.08. The van der Waals surface area contributed by atoms with Gasteiger partial charge in [0.15, 0.2) is 0 Å². The second-order valence-corrected chi connectivity index (χ2v) is 4.57.